The first-order valence-corrected chi connectivity index (χ1v) is 11.3. The Balaban J connectivity index is 1.47. The van der Waals surface area contributed by atoms with Gasteiger partial charge in [-0.3, -0.25) is 9.69 Å². The van der Waals surface area contributed by atoms with Gasteiger partial charge in [0.25, 0.3) is 5.91 Å². The van der Waals surface area contributed by atoms with Gasteiger partial charge in [0.15, 0.2) is 5.69 Å². The van der Waals surface area contributed by atoms with Gasteiger partial charge in [0.05, 0.1) is 12.6 Å². The summed E-state index contributed by atoms with van der Waals surface area (Å²) in [5.74, 6) is -0.0918. The van der Waals surface area contributed by atoms with Crippen molar-refractivity contribution in [2.45, 2.75) is 39.5 Å². The second kappa shape index (κ2) is 10.9. The van der Waals surface area contributed by atoms with Gasteiger partial charge in [-0.05, 0) is 48.2 Å². The molecule has 4 rings (SSSR count). The van der Waals surface area contributed by atoms with E-state index in [4.69, 9.17) is 4.42 Å². The topological polar surface area (TPSA) is 58.4 Å². The Morgan fingerprint density at radius 1 is 0.971 bits per heavy atom. The zero-order valence-corrected chi connectivity index (χ0v) is 19.4. The molecule has 0 bridgehead atoms. The monoisotopic (exact) mass is 457 g/mol. The first kappa shape index (κ1) is 23.4. The van der Waals surface area contributed by atoms with Gasteiger partial charge in [0.1, 0.15) is 12.1 Å². The highest BCUT2D eigenvalue weighted by Crippen LogP contribution is 2.18. The van der Waals surface area contributed by atoms with Crippen LogP contribution in [0.1, 0.15) is 51.6 Å². The van der Waals surface area contributed by atoms with E-state index in [-0.39, 0.29) is 23.5 Å². The molecule has 1 amide bonds. The number of halogens is 1. The SMILES string of the molecule is Cc1ccccc1CN(Cc1ccc(F)cc1)Cc1nc(C(=O)N[C@H](C)c2ccccc2)co1. The minimum atomic E-state index is -0.282. The molecule has 1 aromatic heterocycles. The number of carbonyl (C=O) groups is 1. The van der Waals surface area contributed by atoms with E-state index in [2.05, 4.69) is 34.3 Å². The lowest BCUT2D eigenvalue weighted by atomic mass is 10.1. The highest BCUT2D eigenvalue weighted by Gasteiger charge is 2.18. The molecular weight excluding hydrogens is 429 g/mol. The van der Waals surface area contributed by atoms with E-state index in [1.165, 1.54) is 29.5 Å². The number of amides is 1. The first-order valence-electron chi connectivity index (χ1n) is 11.3. The number of carbonyl (C=O) groups excluding carboxylic acids is 1. The van der Waals surface area contributed by atoms with Crippen LogP contribution in [0.4, 0.5) is 4.39 Å². The number of nitrogens with zero attached hydrogens (tertiary/aromatic N) is 2. The molecule has 0 spiro atoms. The molecule has 6 heteroatoms. The maximum atomic E-state index is 13.4. The molecule has 1 heterocycles. The van der Waals surface area contributed by atoms with Crippen LogP contribution in [-0.2, 0) is 19.6 Å². The lowest BCUT2D eigenvalue weighted by Crippen LogP contribution is -2.27. The van der Waals surface area contributed by atoms with Crippen molar-refractivity contribution in [2.75, 3.05) is 0 Å². The minimum absolute atomic E-state index is 0.148. The van der Waals surface area contributed by atoms with Gasteiger partial charge >= 0.3 is 0 Å². The second-order valence-corrected chi connectivity index (χ2v) is 8.43. The number of benzene rings is 3. The third kappa shape index (κ3) is 6.17. The maximum Gasteiger partial charge on any atom is 0.273 e. The summed E-state index contributed by atoms with van der Waals surface area (Å²) in [6.07, 6.45) is 1.40. The minimum Gasteiger partial charge on any atom is -0.447 e. The lowest BCUT2D eigenvalue weighted by molar-refractivity contribution is 0.0934. The zero-order valence-electron chi connectivity index (χ0n) is 19.4. The fraction of sp³-hybridized carbons (Fsp3) is 0.214. The summed E-state index contributed by atoms with van der Waals surface area (Å²) >= 11 is 0. The van der Waals surface area contributed by atoms with Crippen molar-refractivity contribution in [2.24, 2.45) is 0 Å². The molecule has 1 N–H and O–H groups in total. The van der Waals surface area contributed by atoms with Crippen molar-refractivity contribution >= 4 is 5.91 Å². The number of rotatable bonds is 9. The van der Waals surface area contributed by atoms with Crippen LogP contribution < -0.4 is 5.32 Å². The largest absolute Gasteiger partial charge is 0.447 e. The zero-order chi connectivity index (χ0) is 23.9. The molecule has 1 atom stereocenters. The van der Waals surface area contributed by atoms with E-state index in [1.54, 1.807) is 12.1 Å². The van der Waals surface area contributed by atoms with Gasteiger partial charge in [-0.1, -0.05) is 66.7 Å². The molecule has 0 unspecified atom stereocenters. The van der Waals surface area contributed by atoms with Crippen molar-refractivity contribution in [3.63, 3.8) is 0 Å². The summed E-state index contributed by atoms with van der Waals surface area (Å²) in [4.78, 5) is 19.3. The number of oxazole rings is 1. The van der Waals surface area contributed by atoms with Gasteiger partial charge in [0, 0.05) is 13.1 Å². The smallest absolute Gasteiger partial charge is 0.273 e. The third-order valence-corrected chi connectivity index (χ3v) is 5.77. The molecule has 0 aliphatic heterocycles. The average Bonchev–Trinajstić information content (AvgIpc) is 3.31. The molecule has 0 aliphatic rings. The van der Waals surface area contributed by atoms with Crippen LogP contribution >= 0.6 is 0 Å². The van der Waals surface area contributed by atoms with Crippen LogP contribution in [0.2, 0.25) is 0 Å². The van der Waals surface area contributed by atoms with Crippen LogP contribution in [0.25, 0.3) is 0 Å². The number of aryl methyl sites for hydroxylation is 1. The van der Waals surface area contributed by atoms with Crippen LogP contribution in [0.3, 0.4) is 0 Å². The van der Waals surface area contributed by atoms with Gasteiger partial charge in [-0.25, -0.2) is 9.37 Å². The molecule has 0 radical (unpaired) electrons. The average molecular weight is 458 g/mol. The summed E-state index contributed by atoms with van der Waals surface area (Å²) in [6.45, 7) is 5.67. The van der Waals surface area contributed by atoms with Crippen molar-refractivity contribution in [3.05, 3.63) is 125 Å². The van der Waals surface area contributed by atoms with Crippen molar-refractivity contribution in [3.8, 4) is 0 Å². The van der Waals surface area contributed by atoms with Crippen molar-refractivity contribution in [1.82, 2.24) is 15.2 Å². The predicted molar refractivity (Wildman–Crippen MR) is 129 cm³/mol. The molecule has 5 nitrogen and oxygen atoms in total. The predicted octanol–water partition coefficient (Wildman–Crippen LogP) is 5.82. The van der Waals surface area contributed by atoms with Gasteiger partial charge < -0.3 is 9.73 Å². The van der Waals surface area contributed by atoms with Gasteiger partial charge in [-0.15, -0.1) is 0 Å². The number of hydrogen-bond acceptors (Lipinski definition) is 4. The maximum absolute atomic E-state index is 13.4. The van der Waals surface area contributed by atoms with Crippen molar-refractivity contribution in [1.29, 1.82) is 0 Å². The van der Waals surface area contributed by atoms with E-state index in [9.17, 15) is 9.18 Å². The van der Waals surface area contributed by atoms with E-state index >= 15 is 0 Å². The standard InChI is InChI=1S/C28H28FN3O2/c1-20-8-6-7-11-24(20)17-32(16-22-12-14-25(29)15-13-22)18-27-31-26(19-34-27)28(33)30-21(2)23-9-4-3-5-10-23/h3-15,19,21H,16-18H2,1-2H3,(H,30,33)/t21-/m1/s1. The fourth-order valence-corrected chi connectivity index (χ4v) is 3.82. The number of hydrogen-bond donors (Lipinski definition) is 1. The van der Waals surface area contributed by atoms with Gasteiger partial charge in [-0.2, -0.15) is 0 Å². The molecule has 3 aromatic carbocycles. The molecule has 34 heavy (non-hydrogen) atoms. The number of aromatic nitrogens is 1. The summed E-state index contributed by atoms with van der Waals surface area (Å²) in [7, 11) is 0. The normalized spacial score (nSPS) is 12.0. The Morgan fingerprint density at radius 3 is 2.41 bits per heavy atom. The van der Waals surface area contributed by atoms with E-state index in [0.717, 1.165) is 11.1 Å². The first-order chi connectivity index (χ1) is 16.5. The van der Waals surface area contributed by atoms with Crippen LogP contribution in [-0.4, -0.2) is 15.8 Å². The van der Waals surface area contributed by atoms with E-state index in [1.807, 2.05) is 49.4 Å². The summed E-state index contributed by atoms with van der Waals surface area (Å²) < 4.78 is 19.0. The molecular formula is C28H28FN3O2. The summed E-state index contributed by atoms with van der Waals surface area (Å²) in [5.41, 5.74) is 4.62. The second-order valence-electron chi connectivity index (χ2n) is 8.43. The molecule has 174 valence electrons. The van der Waals surface area contributed by atoms with Crippen LogP contribution in [0.15, 0.2) is 89.5 Å². The third-order valence-electron chi connectivity index (χ3n) is 5.77. The fourth-order valence-electron chi connectivity index (χ4n) is 3.82. The summed E-state index contributed by atoms with van der Waals surface area (Å²) in [5, 5.41) is 2.96. The quantitative estimate of drug-likeness (QED) is 0.344. The molecule has 0 saturated heterocycles. The Labute approximate surface area is 199 Å². The summed E-state index contributed by atoms with van der Waals surface area (Å²) in [6, 6.07) is 24.3. The molecule has 0 aliphatic carbocycles. The van der Waals surface area contributed by atoms with Gasteiger partial charge in [0.2, 0.25) is 5.89 Å². The molecule has 0 saturated carbocycles. The lowest BCUT2D eigenvalue weighted by Gasteiger charge is -2.22. The molecule has 0 fully saturated rings. The van der Waals surface area contributed by atoms with E-state index in [0.29, 0.717) is 25.5 Å². The Kier molecular flexibility index (Phi) is 7.50. The Bertz CT molecular complexity index is 1220. The highest BCUT2D eigenvalue weighted by atomic mass is 19.1. The van der Waals surface area contributed by atoms with Crippen molar-refractivity contribution < 1.29 is 13.6 Å². The van der Waals surface area contributed by atoms with E-state index < -0.39 is 0 Å². The Morgan fingerprint density at radius 2 is 1.68 bits per heavy atom. The highest BCUT2D eigenvalue weighted by molar-refractivity contribution is 5.92. The molecule has 4 aromatic rings. The van der Waals surface area contributed by atoms with Crippen LogP contribution in [0, 0.1) is 12.7 Å². The Hall–Kier alpha value is -3.77. The number of nitrogens with one attached hydrogen (secondary N) is 1. The van der Waals surface area contributed by atoms with Crippen LogP contribution in [0.5, 0.6) is 0 Å².